The second-order valence-electron chi connectivity index (χ2n) is 4.12. The Balaban J connectivity index is 2.27. The fourth-order valence-electron chi connectivity index (χ4n) is 1.87. The summed E-state index contributed by atoms with van der Waals surface area (Å²) in [5.74, 6) is -0.717. The van der Waals surface area contributed by atoms with Crippen LogP contribution in [0.25, 0.3) is 20.8 Å². The Kier molecular flexibility index (Phi) is 3.41. The largest absolute Gasteiger partial charge is 0.619 e. The van der Waals surface area contributed by atoms with Gasteiger partial charge in [-0.25, -0.2) is 4.98 Å². The minimum atomic E-state index is -0.717. The second kappa shape index (κ2) is 5.11. The maximum atomic E-state index is 13.7. The lowest BCUT2D eigenvalue weighted by atomic mass is 10.1. The van der Waals surface area contributed by atoms with Crippen molar-refractivity contribution in [1.82, 2.24) is 4.98 Å². The summed E-state index contributed by atoms with van der Waals surface area (Å²) < 4.78 is 14.5. The molecular weight excluding hydrogens is 336 g/mol. The summed E-state index contributed by atoms with van der Waals surface area (Å²) in [6, 6.07) is 4.85. The molecule has 0 unspecified atom stereocenters. The van der Waals surface area contributed by atoms with Gasteiger partial charge in [-0.2, -0.15) is 14.4 Å². The van der Waals surface area contributed by atoms with Gasteiger partial charge in [-0.1, -0.05) is 23.2 Å². The van der Waals surface area contributed by atoms with Crippen LogP contribution in [0, 0.1) is 22.4 Å². The van der Waals surface area contributed by atoms with Gasteiger partial charge >= 0.3 is 0 Å². The molecule has 4 nitrogen and oxygen atoms in total. The molecule has 0 saturated heterocycles. The zero-order valence-corrected chi connectivity index (χ0v) is 12.4. The summed E-state index contributed by atoms with van der Waals surface area (Å²) in [4.78, 5) is 4.14. The van der Waals surface area contributed by atoms with Crippen LogP contribution in [-0.4, -0.2) is 4.98 Å². The first-order valence-electron chi connectivity index (χ1n) is 5.58. The Morgan fingerprint density at radius 3 is 2.57 bits per heavy atom. The van der Waals surface area contributed by atoms with E-state index in [1.54, 1.807) is 0 Å². The molecule has 21 heavy (non-hydrogen) atoms. The van der Waals surface area contributed by atoms with Crippen molar-refractivity contribution in [3.63, 3.8) is 0 Å². The molecule has 8 heteroatoms. The molecule has 2 heterocycles. The van der Waals surface area contributed by atoms with Gasteiger partial charge in [0, 0.05) is 5.56 Å². The van der Waals surface area contributed by atoms with Crippen LogP contribution in [0.4, 0.5) is 4.39 Å². The van der Waals surface area contributed by atoms with Crippen LogP contribution in [0.3, 0.4) is 0 Å². The third kappa shape index (κ3) is 2.40. The summed E-state index contributed by atoms with van der Waals surface area (Å²) in [7, 11) is 0. The second-order valence-corrected chi connectivity index (χ2v) is 5.97. The zero-order valence-electron chi connectivity index (χ0n) is 10.1. The van der Waals surface area contributed by atoms with E-state index < -0.39 is 5.82 Å². The maximum Gasteiger partial charge on any atom is 0.218 e. The summed E-state index contributed by atoms with van der Waals surface area (Å²) >= 11 is 13.3. The first kappa shape index (κ1) is 14.0. The molecule has 0 bridgehead atoms. The summed E-state index contributed by atoms with van der Waals surface area (Å²) in [5, 5.41) is 21.0. The molecule has 1 aromatic carbocycles. The molecule has 0 atom stereocenters. The Hall–Kier alpha value is -1.94. The number of nitrogens with zero attached hydrogens (tertiary/aromatic N) is 3. The van der Waals surface area contributed by atoms with Crippen molar-refractivity contribution in [3.05, 3.63) is 51.2 Å². The molecule has 0 saturated carbocycles. The van der Waals surface area contributed by atoms with Crippen molar-refractivity contribution >= 4 is 44.8 Å². The molecule has 2 aromatic heterocycles. The van der Waals surface area contributed by atoms with Gasteiger partial charge in [-0.3, -0.25) is 0 Å². The van der Waals surface area contributed by atoms with E-state index in [-0.39, 0.29) is 15.6 Å². The van der Waals surface area contributed by atoms with E-state index in [4.69, 9.17) is 28.5 Å². The first-order valence-corrected chi connectivity index (χ1v) is 7.15. The average Bonchev–Trinajstić information content (AvgIpc) is 2.81. The highest BCUT2D eigenvalue weighted by Crippen LogP contribution is 2.39. The van der Waals surface area contributed by atoms with Crippen molar-refractivity contribution < 1.29 is 9.12 Å². The van der Waals surface area contributed by atoms with E-state index in [1.807, 2.05) is 6.07 Å². The predicted octanol–water partition coefficient (Wildman–Crippen LogP) is 3.91. The number of benzene rings is 1. The van der Waals surface area contributed by atoms with Crippen LogP contribution in [-0.2, 0) is 0 Å². The lowest BCUT2D eigenvalue weighted by Gasteiger charge is -2.03. The van der Waals surface area contributed by atoms with Gasteiger partial charge in [0.25, 0.3) is 0 Å². The third-order valence-electron chi connectivity index (χ3n) is 2.75. The van der Waals surface area contributed by atoms with Gasteiger partial charge in [0.15, 0.2) is 6.20 Å². The smallest absolute Gasteiger partial charge is 0.218 e. The van der Waals surface area contributed by atoms with E-state index in [0.29, 0.717) is 25.6 Å². The monoisotopic (exact) mass is 339 g/mol. The van der Waals surface area contributed by atoms with E-state index >= 15 is 0 Å². The highest BCUT2D eigenvalue weighted by Gasteiger charge is 2.18. The van der Waals surface area contributed by atoms with Gasteiger partial charge in [0.05, 0.1) is 21.7 Å². The Bertz CT molecular complexity index is 897. The number of hydrogen-bond acceptors (Lipinski definition) is 4. The number of nitriles is 1. The van der Waals surface area contributed by atoms with Gasteiger partial charge in [-0.05, 0) is 12.1 Å². The van der Waals surface area contributed by atoms with Crippen molar-refractivity contribution in [2.75, 3.05) is 0 Å². The van der Waals surface area contributed by atoms with Crippen LogP contribution in [0.15, 0.2) is 24.5 Å². The molecule has 0 spiro atoms. The standard InChI is InChI=1S/C13H4Cl2FN3OS/c14-7-1-6(3-17)2-8(15)11(7)13-18-12-9(16)4-19(20)5-10(12)21-13/h1-2,4-5H. The van der Waals surface area contributed by atoms with Crippen molar-refractivity contribution in [2.45, 2.75) is 0 Å². The molecule has 0 aliphatic heterocycles. The van der Waals surface area contributed by atoms with E-state index in [9.17, 15) is 9.60 Å². The van der Waals surface area contributed by atoms with Crippen LogP contribution < -0.4 is 4.73 Å². The molecule has 3 aromatic rings. The topological polar surface area (TPSA) is 63.6 Å². The fourth-order valence-corrected chi connectivity index (χ4v) is 3.71. The number of fused-ring (bicyclic) bond motifs is 1. The number of halogens is 3. The van der Waals surface area contributed by atoms with Crippen LogP contribution >= 0.6 is 34.5 Å². The summed E-state index contributed by atoms with van der Waals surface area (Å²) in [5.41, 5.74) is 0.812. The van der Waals surface area contributed by atoms with Crippen LogP contribution in [0.1, 0.15) is 5.56 Å². The summed E-state index contributed by atoms with van der Waals surface area (Å²) in [6.45, 7) is 0. The lowest BCUT2D eigenvalue weighted by Crippen LogP contribution is -2.24. The van der Waals surface area contributed by atoms with Crippen molar-refractivity contribution in [1.29, 1.82) is 5.26 Å². The van der Waals surface area contributed by atoms with E-state index in [0.717, 1.165) is 17.5 Å². The quantitative estimate of drug-likeness (QED) is 0.498. The molecule has 0 radical (unpaired) electrons. The summed E-state index contributed by atoms with van der Waals surface area (Å²) in [6.07, 6.45) is 2.03. The number of hydrogen-bond donors (Lipinski definition) is 0. The van der Waals surface area contributed by atoms with Gasteiger partial charge in [0.2, 0.25) is 12.0 Å². The highest BCUT2D eigenvalue weighted by atomic mass is 35.5. The highest BCUT2D eigenvalue weighted by molar-refractivity contribution is 7.21. The van der Waals surface area contributed by atoms with Crippen molar-refractivity contribution in [3.8, 4) is 16.6 Å². The average molecular weight is 340 g/mol. The first-order chi connectivity index (χ1) is 9.99. The van der Waals surface area contributed by atoms with Gasteiger partial charge in [0.1, 0.15) is 15.2 Å². The molecule has 0 amide bonds. The predicted molar refractivity (Wildman–Crippen MR) is 78.7 cm³/mol. The van der Waals surface area contributed by atoms with Gasteiger partial charge in [-0.15, -0.1) is 11.3 Å². The molecule has 0 aliphatic carbocycles. The van der Waals surface area contributed by atoms with E-state index in [2.05, 4.69) is 4.98 Å². The Labute approximate surface area is 132 Å². The molecule has 0 fully saturated rings. The molecule has 104 valence electrons. The molecule has 0 aliphatic rings. The lowest BCUT2D eigenvalue weighted by molar-refractivity contribution is -0.605. The normalized spacial score (nSPS) is 10.8. The van der Waals surface area contributed by atoms with Crippen LogP contribution in [0.5, 0.6) is 0 Å². The minimum absolute atomic E-state index is 0.0820. The molecular formula is C13H4Cl2FN3OS. The third-order valence-corrected chi connectivity index (χ3v) is 4.35. The molecule has 3 rings (SSSR count). The Morgan fingerprint density at radius 1 is 1.29 bits per heavy atom. The zero-order chi connectivity index (χ0) is 15.1. The SMILES string of the molecule is N#Cc1cc(Cl)c(-c2nc3c(F)c[n+]([O-])cc3s2)c(Cl)c1. The Morgan fingerprint density at radius 2 is 1.95 bits per heavy atom. The number of pyridine rings is 1. The van der Waals surface area contributed by atoms with Crippen molar-refractivity contribution in [2.24, 2.45) is 0 Å². The molecule has 0 N–H and O–H groups in total. The van der Waals surface area contributed by atoms with Crippen LogP contribution in [0.2, 0.25) is 10.0 Å². The number of aromatic nitrogens is 2. The maximum absolute atomic E-state index is 13.7. The van der Waals surface area contributed by atoms with Gasteiger partial charge < -0.3 is 5.21 Å². The number of thiazole rings is 1. The van der Waals surface area contributed by atoms with E-state index in [1.165, 1.54) is 18.3 Å². The number of rotatable bonds is 1. The fraction of sp³-hybridized carbons (Fsp3) is 0. The minimum Gasteiger partial charge on any atom is -0.619 e.